The molecule has 0 spiro atoms. The average molecular weight is 464 g/mol. The van der Waals surface area contributed by atoms with Gasteiger partial charge in [-0.25, -0.2) is 17.6 Å². The zero-order valence-corrected chi connectivity index (χ0v) is 18.6. The monoisotopic (exact) mass is 463 g/mol. The number of benzene rings is 1. The Bertz CT molecular complexity index is 1130. The van der Waals surface area contributed by atoms with Gasteiger partial charge in [0.05, 0.1) is 23.8 Å². The van der Waals surface area contributed by atoms with Crippen molar-refractivity contribution in [2.45, 2.75) is 32.2 Å². The lowest BCUT2D eigenvalue weighted by Crippen LogP contribution is -2.27. The first kappa shape index (κ1) is 22.3. The van der Waals surface area contributed by atoms with Gasteiger partial charge in [0.25, 0.3) is 0 Å². The van der Waals surface area contributed by atoms with E-state index in [1.54, 1.807) is 42.1 Å². The number of hydrogen-bond acceptors (Lipinski definition) is 5. The quantitative estimate of drug-likeness (QED) is 0.547. The van der Waals surface area contributed by atoms with Crippen LogP contribution in [0.5, 0.6) is 5.75 Å². The normalized spacial score (nSPS) is 17.5. The third-order valence-electron chi connectivity index (χ3n) is 5.70. The van der Waals surface area contributed by atoms with Gasteiger partial charge in [-0.1, -0.05) is 13.0 Å². The van der Waals surface area contributed by atoms with Crippen molar-refractivity contribution in [1.82, 2.24) is 9.88 Å². The number of urea groups is 1. The van der Waals surface area contributed by atoms with Crippen LogP contribution in [-0.2, 0) is 21.2 Å². The van der Waals surface area contributed by atoms with E-state index in [2.05, 4.69) is 5.32 Å². The Morgan fingerprint density at radius 3 is 2.72 bits per heavy atom. The molecule has 0 radical (unpaired) electrons. The SMILES string of the molecule is C[C@@H](CS(=O)(=O)CCn1ccc(N2CC(=O)NC2=O)c1)c1ccc(F)c(OCC2CC2)c1. The van der Waals surface area contributed by atoms with Crippen molar-refractivity contribution in [3.8, 4) is 5.75 Å². The molecule has 3 amide bonds. The van der Waals surface area contributed by atoms with Crippen LogP contribution in [0.15, 0.2) is 36.7 Å². The van der Waals surface area contributed by atoms with Gasteiger partial charge in [0.2, 0.25) is 5.91 Å². The number of aromatic nitrogens is 1. The summed E-state index contributed by atoms with van der Waals surface area (Å²) < 4.78 is 46.6. The number of carbonyl (C=O) groups excluding carboxylic acids is 2. The molecule has 10 heteroatoms. The lowest BCUT2D eigenvalue weighted by molar-refractivity contribution is -0.117. The molecule has 1 N–H and O–H groups in total. The van der Waals surface area contributed by atoms with Gasteiger partial charge >= 0.3 is 6.03 Å². The fourth-order valence-electron chi connectivity index (χ4n) is 3.61. The summed E-state index contributed by atoms with van der Waals surface area (Å²) in [5, 5.41) is 2.20. The highest BCUT2D eigenvalue weighted by molar-refractivity contribution is 7.91. The first-order valence-corrected chi connectivity index (χ1v) is 12.4. The number of nitrogens with zero attached hydrogens (tertiary/aromatic N) is 2. The Kier molecular flexibility index (Phi) is 6.23. The summed E-state index contributed by atoms with van der Waals surface area (Å²) in [6, 6.07) is 5.68. The summed E-state index contributed by atoms with van der Waals surface area (Å²) in [5.41, 5.74) is 1.25. The molecular weight excluding hydrogens is 437 g/mol. The Hall–Kier alpha value is -2.88. The molecule has 4 rings (SSSR count). The van der Waals surface area contributed by atoms with Crippen LogP contribution < -0.4 is 15.0 Å². The number of halogens is 1. The van der Waals surface area contributed by atoms with Gasteiger partial charge < -0.3 is 9.30 Å². The van der Waals surface area contributed by atoms with Crippen molar-refractivity contribution in [3.63, 3.8) is 0 Å². The van der Waals surface area contributed by atoms with E-state index in [9.17, 15) is 22.4 Å². The molecule has 2 fully saturated rings. The zero-order valence-electron chi connectivity index (χ0n) is 17.8. The molecule has 1 aromatic heterocycles. The van der Waals surface area contributed by atoms with E-state index in [1.807, 2.05) is 0 Å². The molecule has 0 unspecified atom stereocenters. The van der Waals surface area contributed by atoms with E-state index in [0.717, 1.165) is 12.8 Å². The van der Waals surface area contributed by atoms with Crippen molar-refractivity contribution >= 4 is 27.5 Å². The fourth-order valence-corrected chi connectivity index (χ4v) is 5.22. The summed E-state index contributed by atoms with van der Waals surface area (Å²) in [6.45, 7) is 2.45. The number of imide groups is 1. The van der Waals surface area contributed by atoms with Gasteiger partial charge in [0.1, 0.15) is 6.54 Å². The molecule has 2 heterocycles. The molecule has 0 bridgehead atoms. The largest absolute Gasteiger partial charge is 0.490 e. The molecule has 1 aliphatic carbocycles. The summed E-state index contributed by atoms with van der Waals surface area (Å²) in [7, 11) is -3.40. The van der Waals surface area contributed by atoms with Crippen molar-refractivity contribution in [1.29, 1.82) is 0 Å². The lowest BCUT2D eigenvalue weighted by atomic mass is 10.0. The highest BCUT2D eigenvalue weighted by Gasteiger charge is 2.28. The molecule has 1 saturated carbocycles. The molecule has 1 aromatic carbocycles. The second-order valence-electron chi connectivity index (χ2n) is 8.51. The fraction of sp³-hybridized carbons (Fsp3) is 0.455. The Labute approximate surface area is 186 Å². The maximum absolute atomic E-state index is 14.0. The van der Waals surface area contributed by atoms with Gasteiger partial charge in [-0.3, -0.25) is 15.0 Å². The minimum absolute atomic E-state index is 0.0529. The number of carbonyl (C=O) groups is 2. The van der Waals surface area contributed by atoms with Crippen molar-refractivity contribution < 1.29 is 27.1 Å². The minimum atomic E-state index is -3.40. The Morgan fingerprint density at radius 1 is 1.25 bits per heavy atom. The van der Waals surface area contributed by atoms with Crippen LogP contribution in [0.25, 0.3) is 0 Å². The van der Waals surface area contributed by atoms with E-state index in [-0.39, 0.29) is 42.2 Å². The maximum Gasteiger partial charge on any atom is 0.329 e. The molecule has 8 nitrogen and oxygen atoms in total. The lowest BCUT2D eigenvalue weighted by Gasteiger charge is -2.15. The first-order chi connectivity index (χ1) is 15.2. The Morgan fingerprint density at radius 2 is 2.03 bits per heavy atom. The molecule has 2 aromatic rings. The molecule has 1 saturated heterocycles. The van der Waals surface area contributed by atoms with Crippen molar-refractivity contribution in [3.05, 3.63) is 48.0 Å². The van der Waals surface area contributed by atoms with Crippen LogP contribution in [-0.4, -0.2) is 49.6 Å². The number of hydrogen-bond donors (Lipinski definition) is 1. The topological polar surface area (TPSA) is 97.7 Å². The summed E-state index contributed by atoms with van der Waals surface area (Å²) in [6.07, 6.45) is 5.51. The standard InChI is InChI=1S/C22H26FN3O5S/c1-15(17-4-5-19(23)20(10-17)31-13-16-2-3-16)14-32(29,30)9-8-25-7-6-18(11-25)26-12-21(27)24-22(26)28/h4-7,10-11,15-16H,2-3,8-9,12-14H2,1H3,(H,24,27,28)/t15-/m0/s1. The zero-order chi connectivity index (χ0) is 22.9. The molecule has 1 aliphatic heterocycles. The van der Waals surface area contributed by atoms with E-state index in [1.165, 1.54) is 11.0 Å². The predicted octanol–water partition coefficient (Wildman–Crippen LogP) is 2.69. The van der Waals surface area contributed by atoms with Gasteiger partial charge in [-0.15, -0.1) is 0 Å². The minimum Gasteiger partial charge on any atom is -0.490 e. The number of ether oxygens (including phenoxy) is 1. The van der Waals surface area contributed by atoms with Crippen LogP contribution in [0.1, 0.15) is 31.2 Å². The maximum atomic E-state index is 14.0. The van der Waals surface area contributed by atoms with E-state index in [0.29, 0.717) is 23.8 Å². The molecular formula is C22H26FN3O5S. The van der Waals surface area contributed by atoms with Crippen LogP contribution in [0, 0.1) is 11.7 Å². The van der Waals surface area contributed by atoms with Gasteiger partial charge in [-0.05, 0) is 48.4 Å². The van der Waals surface area contributed by atoms with Crippen molar-refractivity contribution in [2.75, 3.05) is 29.6 Å². The number of aryl methyl sites for hydroxylation is 1. The van der Waals surface area contributed by atoms with E-state index >= 15 is 0 Å². The van der Waals surface area contributed by atoms with Crippen molar-refractivity contribution in [2.24, 2.45) is 5.92 Å². The first-order valence-electron chi connectivity index (χ1n) is 10.6. The number of rotatable bonds is 10. The number of amides is 3. The van der Waals surface area contributed by atoms with Crippen LogP contribution in [0.4, 0.5) is 14.9 Å². The summed E-state index contributed by atoms with van der Waals surface area (Å²) >= 11 is 0. The second kappa shape index (κ2) is 8.93. The third kappa shape index (κ3) is 5.48. The number of nitrogens with one attached hydrogen (secondary N) is 1. The predicted molar refractivity (Wildman–Crippen MR) is 117 cm³/mol. The highest BCUT2D eigenvalue weighted by atomic mass is 32.2. The van der Waals surface area contributed by atoms with Gasteiger partial charge in [0, 0.05) is 18.9 Å². The number of anilines is 1. The second-order valence-corrected chi connectivity index (χ2v) is 10.7. The molecule has 1 atom stereocenters. The molecule has 2 aliphatic rings. The summed E-state index contributed by atoms with van der Waals surface area (Å²) in [5.74, 6) is -0.625. The van der Waals surface area contributed by atoms with Crippen LogP contribution >= 0.6 is 0 Å². The van der Waals surface area contributed by atoms with E-state index < -0.39 is 21.7 Å². The van der Waals surface area contributed by atoms with Gasteiger partial charge in [0.15, 0.2) is 21.4 Å². The smallest absolute Gasteiger partial charge is 0.329 e. The highest BCUT2D eigenvalue weighted by Crippen LogP contribution is 2.31. The van der Waals surface area contributed by atoms with Crippen LogP contribution in [0.3, 0.4) is 0 Å². The third-order valence-corrected chi connectivity index (χ3v) is 7.51. The summed E-state index contributed by atoms with van der Waals surface area (Å²) in [4.78, 5) is 24.4. The Balaban J connectivity index is 1.33. The number of sulfone groups is 1. The van der Waals surface area contributed by atoms with Crippen LogP contribution in [0.2, 0.25) is 0 Å². The van der Waals surface area contributed by atoms with Gasteiger partial charge in [-0.2, -0.15) is 0 Å². The van der Waals surface area contributed by atoms with E-state index in [4.69, 9.17) is 4.74 Å². The molecule has 172 valence electrons. The molecule has 32 heavy (non-hydrogen) atoms. The average Bonchev–Trinajstić information content (AvgIpc) is 3.33.